The average molecular weight is 387 g/mol. The van der Waals surface area contributed by atoms with E-state index in [1.54, 1.807) is 18.9 Å². The van der Waals surface area contributed by atoms with Crippen LogP contribution in [0.3, 0.4) is 0 Å². The molecule has 1 aliphatic heterocycles. The second kappa shape index (κ2) is 7.08. The molecule has 27 heavy (non-hydrogen) atoms. The number of aromatic amines is 1. The Labute approximate surface area is 161 Å². The first-order valence-electron chi connectivity index (χ1n) is 8.73. The lowest BCUT2D eigenvalue weighted by Crippen LogP contribution is -2.36. The lowest BCUT2D eigenvalue weighted by molar-refractivity contribution is 0.103. The van der Waals surface area contributed by atoms with Crippen LogP contribution < -0.4 is 4.74 Å². The second-order valence-corrected chi connectivity index (χ2v) is 6.60. The van der Waals surface area contributed by atoms with Gasteiger partial charge in [0.05, 0.1) is 25.8 Å². The number of benzene rings is 1. The number of hydrogen-bond donors (Lipinski definition) is 1. The van der Waals surface area contributed by atoms with Crippen molar-refractivity contribution in [2.24, 2.45) is 0 Å². The van der Waals surface area contributed by atoms with E-state index in [9.17, 15) is 4.79 Å². The summed E-state index contributed by atoms with van der Waals surface area (Å²) in [6.45, 7) is 3.18. The number of carbonyl (C=O) groups is 1. The van der Waals surface area contributed by atoms with Gasteiger partial charge < -0.3 is 19.4 Å². The molecule has 0 radical (unpaired) electrons. The molecule has 1 amide bonds. The molecule has 2 aromatic heterocycles. The molecule has 3 aromatic rings. The number of H-pyrrole nitrogens is 1. The van der Waals surface area contributed by atoms with Crippen LogP contribution in [0.1, 0.15) is 18.2 Å². The van der Waals surface area contributed by atoms with E-state index in [1.165, 1.54) is 0 Å². The molecule has 0 saturated heterocycles. The van der Waals surface area contributed by atoms with Gasteiger partial charge in [0, 0.05) is 29.8 Å². The van der Waals surface area contributed by atoms with Crippen LogP contribution in [-0.4, -0.2) is 46.2 Å². The summed E-state index contributed by atoms with van der Waals surface area (Å²) in [5.41, 5.74) is 4.28. The molecular formula is C19H19ClN4O3. The van der Waals surface area contributed by atoms with E-state index in [4.69, 9.17) is 26.1 Å². The molecule has 1 aromatic carbocycles. The molecule has 4 rings (SSSR count). The largest absolute Gasteiger partial charge is 0.497 e. The van der Waals surface area contributed by atoms with Crippen LogP contribution in [0.5, 0.6) is 5.75 Å². The summed E-state index contributed by atoms with van der Waals surface area (Å²) in [6.07, 6.45) is 0.381. The molecule has 0 saturated carbocycles. The molecule has 7 nitrogen and oxygen atoms in total. The third-order valence-corrected chi connectivity index (χ3v) is 4.92. The van der Waals surface area contributed by atoms with Gasteiger partial charge in [-0.1, -0.05) is 11.6 Å². The molecular weight excluding hydrogens is 368 g/mol. The van der Waals surface area contributed by atoms with Crippen molar-refractivity contribution in [3.8, 4) is 17.1 Å². The van der Waals surface area contributed by atoms with Gasteiger partial charge in [-0.15, -0.1) is 0 Å². The van der Waals surface area contributed by atoms with Crippen molar-refractivity contribution in [2.75, 3.05) is 20.3 Å². The summed E-state index contributed by atoms with van der Waals surface area (Å²) in [5, 5.41) is 0.364. The monoisotopic (exact) mass is 386 g/mol. The van der Waals surface area contributed by atoms with E-state index in [2.05, 4.69) is 9.97 Å². The maximum Gasteiger partial charge on any atom is 0.410 e. The minimum absolute atomic E-state index is 0.312. The number of aromatic nitrogens is 3. The van der Waals surface area contributed by atoms with E-state index >= 15 is 0 Å². The van der Waals surface area contributed by atoms with E-state index in [0.29, 0.717) is 42.6 Å². The third kappa shape index (κ3) is 3.19. The quantitative estimate of drug-likeness (QED) is 0.692. The van der Waals surface area contributed by atoms with Crippen LogP contribution in [-0.2, 0) is 17.7 Å². The molecule has 0 unspecified atom stereocenters. The molecule has 3 heterocycles. The van der Waals surface area contributed by atoms with Gasteiger partial charge in [0.1, 0.15) is 11.3 Å². The maximum atomic E-state index is 12.1. The highest BCUT2D eigenvalue weighted by Gasteiger charge is 2.27. The van der Waals surface area contributed by atoms with Crippen LogP contribution >= 0.6 is 11.6 Å². The zero-order chi connectivity index (χ0) is 19.0. The normalized spacial score (nSPS) is 13.5. The molecule has 0 aliphatic carbocycles. The van der Waals surface area contributed by atoms with Gasteiger partial charge in [0.25, 0.3) is 0 Å². The minimum atomic E-state index is -0.312. The van der Waals surface area contributed by atoms with Gasteiger partial charge in [0.2, 0.25) is 0 Å². The van der Waals surface area contributed by atoms with Gasteiger partial charge in [-0.3, -0.25) is 0 Å². The highest BCUT2D eigenvalue weighted by molar-refractivity contribution is 6.33. The van der Waals surface area contributed by atoms with Crippen LogP contribution in [0.4, 0.5) is 4.79 Å². The Bertz CT molecular complexity index is 1000. The van der Waals surface area contributed by atoms with Gasteiger partial charge in [-0.25, -0.2) is 14.8 Å². The molecule has 0 spiro atoms. The van der Waals surface area contributed by atoms with E-state index in [0.717, 1.165) is 28.1 Å². The molecule has 1 N–H and O–H groups in total. The van der Waals surface area contributed by atoms with Crippen LogP contribution in [0.15, 0.2) is 24.3 Å². The van der Waals surface area contributed by atoms with E-state index in [1.807, 2.05) is 24.3 Å². The smallest absolute Gasteiger partial charge is 0.410 e. The summed E-state index contributed by atoms with van der Waals surface area (Å²) in [4.78, 5) is 26.3. The van der Waals surface area contributed by atoms with Crippen molar-refractivity contribution in [3.05, 3.63) is 40.7 Å². The predicted octanol–water partition coefficient (Wildman–Crippen LogP) is 3.80. The summed E-state index contributed by atoms with van der Waals surface area (Å²) in [7, 11) is 1.62. The van der Waals surface area contributed by atoms with Crippen molar-refractivity contribution < 1.29 is 14.3 Å². The summed E-state index contributed by atoms with van der Waals surface area (Å²) in [5.74, 6) is 1.29. The summed E-state index contributed by atoms with van der Waals surface area (Å²) < 4.78 is 10.3. The molecule has 1 aliphatic rings. The number of rotatable bonds is 3. The summed E-state index contributed by atoms with van der Waals surface area (Å²) >= 11 is 6.43. The van der Waals surface area contributed by atoms with Gasteiger partial charge in [-0.2, -0.15) is 0 Å². The topological polar surface area (TPSA) is 80.3 Å². The minimum Gasteiger partial charge on any atom is -0.497 e. The Morgan fingerprint density at radius 3 is 2.78 bits per heavy atom. The number of ether oxygens (including phenoxy) is 2. The third-order valence-electron chi connectivity index (χ3n) is 4.65. The SMILES string of the molecule is CCOC(=O)N1CCc2[nH]c3c(Cl)nc(-c4ccc(OC)cc4)nc3c2C1. The number of nitrogens with zero attached hydrogens (tertiary/aromatic N) is 3. The van der Waals surface area contributed by atoms with E-state index < -0.39 is 0 Å². The highest BCUT2D eigenvalue weighted by Crippen LogP contribution is 2.32. The standard InChI is InChI=1S/C19H19ClN4O3/c1-3-27-19(25)24-9-8-14-13(10-24)15-16(21-14)17(20)23-18(22-15)11-4-6-12(26-2)7-5-11/h4-7,21H,3,8-10H2,1-2H3. The van der Waals surface area contributed by atoms with Crippen molar-refractivity contribution in [2.45, 2.75) is 19.9 Å². The molecule has 8 heteroatoms. The van der Waals surface area contributed by atoms with Crippen molar-refractivity contribution in [3.63, 3.8) is 0 Å². The number of carbonyl (C=O) groups excluding carboxylic acids is 1. The Hall–Kier alpha value is -2.80. The Morgan fingerprint density at radius 2 is 2.07 bits per heavy atom. The fourth-order valence-electron chi connectivity index (χ4n) is 3.27. The van der Waals surface area contributed by atoms with Crippen LogP contribution in [0.2, 0.25) is 5.15 Å². The lowest BCUT2D eigenvalue weighted by Gasteiger charge is -2.26. The zero-order valence-corrected chi connectivity index (χ0v) is 15.8. The first-order valence-corrected chi connectivity index (χ1v) is 9.11. The van der Waals surface area contributed by atoms with Crippen molar-refractivity contribution >= 4 is 28.7 Å². The molecule has 140 valence electrons. The average Bonchev–Trinajstić information content (AvgIpc) is 3.07. The van der Waals surface area contributed by atoms with Gasteiger partial charge in [0.15, 0.2) is 11.0 Å². The number of amides is 1. The zero-order valence-electron chi connectivity index (χ0n) is 15.1. The number of halogens is 1. The Balaban J connectivity index is 1.75. The van der Waals surface area contributed by atoms with Crippen molar-refractivity contribution in [1.82, 2.24) is 19.9 Å². The molecule has 0 atom stereocenters. The Kier molecular flexibility index (Phi) is 4.61. The molecule has 0 bridgehead atoms. The predicted molar refractivity (Wildman–Crippen MR) is 102 cm³/mol. The number of methoxy groups -OCH3 is 1. The van der Waals surface area contributed by atoms with Crippen LogP contribution in [0, 0.1) is 0 Å². The lowest BCUT2D eigenvalue weighted by atomic mass is 10.1. The number of nitrogens with one attached hydrogen (secondary N) is 1. The maximum absolute atomic E-state index is 12.1. The number of hydrogen-bond acceptors (Lipinski definition) is 5. The highest BCUT2D eigenvalue weighted by atomic mass is 35.5. The van der Waals surface area contributed by atoms with Crippen molar-refractivity contribution in [1.29, 1.82) is 0 Å². The second-order valence-electron chi connectivity index (χ2n) is 6.24. The first-order chi connectivity index (χ1) is 13.1. The van der Waals surface area contributed by atoms with E-state index in [-0.39, 0.29) is 6.09 Å². The fraction of sp³-hybridized carbons (Fsp3) is 0.316. The van der Waals surface area contributed by atoms with Gasteiger partial charge in [-0.05, 0) is 31.2 Å². The van der Waals surface area contributed by atoms with Gasteiger partial charge >= 0.3 is 6.09 Å². The van der Waals surface area contributed by atoms with Crippen LogP contribution in [0.25, 0.3) is 22.4 Å². The Morgan fingerprint density at radius 1 is 1.30 bits per heavy atom. The fourth-order valence-corrected chi connectivity index (χ4v) is 3.49. The first kappa shape index (κ1) is 17.6. The molecule has 0 fully saturated rings. The summed E-state index contributed by atoms with van der Waals surface area (Å²) in [6, 6.07) is 7.48. The number of fused-ring (bicyclic) bond motifs is 3.